The molecule has 6 heteroatoms. The minimum absolute atomic E-state index is 0.0385. The fourth-order valence-electron chi connectivity index (χ4n) is 3.38. The number of carbonyl (C=O) groups excluding carboxylic acids is 1. The largest absolute Gasteiger partial charge is 0.508 e. The number of phenolic OH excluding ortho intramolecular Hbond substituents is 1. The monoisotopic (exact) mass is 336 g/mol. The average molecular weight is 336 g/mol. The number of aliphatic imine (C=N–C) groups is 1. The van der Waals surface area contributed by atoms with Crippen LogP contribution in [0.1, 0.15) is 28.5 Å². The van der Waals surface area contributed by atoms with Crippen molar-refractivity contribution in [3.05, 3.63) is 47.2 Å². The molecule has 2 N–H and O–H groups in total. The van der Waals surface area contributed by atoms with Gasteiger partial charge in [0.25, 0.3) is 5.91 Å². The van der Waals surface area contributed by atoms with Crippen LogP contribution in [0.25, 0.3) is 11.3 Å². The molecule has 0 spiro atoms. The van der Waals surface area contributed by atoms with Gasteiger partial charge in [0.05, 0.1) is 23.5 Å². The number of aromatic nitrogens is 1. The normalized spacial score (nSPS) is 16.5. The summed E-state index contributed by atoms with van der Waals surface area (Å²) < 4.78 is 0. The lowest BCUT2D eigenvalue weighted by molar-refractivity contribution is 0.0735. The van der Waals surface area contributed by atoms with Gasteiger partial charge in [0.1, 0.15) is 5.75 Å². The van der Waals surface area contributed by atoms with E-state index >= 15 is 0 Å². The molecule has 0 unspecified atom stereocenters. The van der Waals surface area contributed by atoms with E-state index in [9.17, 15) is 9.90 Å². The molecule has 128 valence electrons. The Balaban J connectivity index is 1.79. The Hall–Kier alpha value is -2.73. The van der Waals surface area contributed by atoms with Crippen molar-refractivity contribution in [2.45, 2.75) is 13.5 Å². The number of rotatable bonds is 2. The first-order valence-corrected chi connectivity index (χ1v) is 8.48. The summed E-state index contributed by atoms with van der Waals surface area (Å²) in [4.78, 5) is 24.2. The highest BCUT2D eigenvalue weighted by Crippen LogP contribution is 2.29. The molecule has 1 fully saturated rings. The van der Waals surface area contributed by atoms with Crippen LogP contribution in [0.5, 0.6) is 5.75 Å². The first-order valence-electron chi connectivity index (χ1n) is 8.48. The molecule has 2 aliphatic heterocycles. The second-order valence-electron chi connectivity index (χ2n) is 6.37. The minimum atomic E-state index is 0.0385. The van der Waals surface area contributed by atoms with Crippen molar-refractivity contribution in [3.8, 4) is 17.0 Å². The Morgan fingerprint density at radius 2 is 1.92 bits per heavy atom. The van der Waals surface area contributed by atoms with Crippen LogP contribution in [0.15, 0.2) is 35.3 Å². The van der Waals surface area contributed by atoms with E-state index in [-0.39, 0.29) is 11.7 Å². The summed E-state index contributed by atoms with van der Waals surface area (Å²) in [5.74, 6) is 0.248. The van der Waals surface area contributed by atoms with Gasteiger partial charge in [0.2, 0.25) is 0 Å². The molecular formula is C19H20N4O2. The number of amides is 1. The maximum atomic E-state index is 13.1. The fourth-order valence-corrected chi connectivity index (χ4v) is 3.38. The van der Waals surface area contributed by atoms with Crippen LogP contribution in [0.3, 0.4) is 0 Å². The summed E-state index contributed by atoms with van der Waals surface area (Å²) in [5, 5.41) is 12.8. The predicted octanol–water partition coefficient (Wildman–Crippen LogP) is 1.82. The number of hydrogen-bond donors (Lipinski definition) is 2. The quantitative estimate of drug-likeness (QED) is 0.877. The van der Waals surface area contributed by atoms with Crippen molar-refractivity contribution in [1.82, 2.24) is 15.2 Å². The number of hydrogen-bond acceptors (Lipinski definition) is 5. The molecule has 1 aromatic heterocycles. The molecule has 0 bridgehead atoms. The van der Waals surface area contributed by atoms with Gasteiger partial charge in [0.15, 0.2) is 0 Å². The molecule has 3 heterocycles. The number of nitrogens with zero attached hydrogens (tertiary/aromatic N) is 3. The van der Waals surface area contributed by atoms with E-state index in [1.54, 1.807) is 12.1 Å². The number of pyridine rings is 1. The fraction of sp³-hybridized carbons (Fsp3) is 0.316. The first-order chi connectivity index (χ1) is 12.1. The van der Waals surface area contributed by atoms with E-state index in [0.717, 1.165) is 41.3 Å². The summed E-state index contributed by atoms with van der Waals surface area (Å²) >= 11 is 0. The second kappa shape index (κ2) is 6.29. The van der Waals surface area contributed by atoms with Crippen molar-refractivity contribution in [3.63, 3.8) is 0 Å². The van der Waals surface area contributed by atoms with Crippen LogP contribution in [0, 0.1) is 0 Å². The van der Waals surface area contributed by atoms with Crippen LogP contribution >= 0.6 is 0 Å². The van der Waals surface area contributed by atoms with Crippen LogP contribution in [-0.4, -0.2) is 52.8 Å². The van der Waals surface area contributed by atoms with Crippen LogP contribution in [0.2, 0.25) is 0 Å². The Morgan fingerprint density at radius 1 is 1.20 bits per heavy atom. The van der Waals surface area contributed by atoms with Gasteiger partial charge < -0.3 is 15.3 Å². The summed E-state index contributed by atoms with van der Waals surface area (Å²) in [6.45, 7) is 5.49. The third kappa shape index (κ3) is 2.89. The van der Waals surface area contributed by atoms with E-state index in [1.165, 1.54) is 0 Å². The molecule has 4 rings (SSSR count). The van der Waals surface area contributed by atoms with Gasteiger partial charge in [-0.2, -0.15) is 0 Å². The maximum absolute atomic E-state index is 13.1. The first kappa shape index (κ1) is 15.8. The zero-order valence-electron chi connectivity index (χ0n) is 14.1. The average Bonchev–Trinajstić information content (AvgIpc) is 3.03. The van der Waals surface area contributed by atoms with Gasteiger partial charge in [0, 0.05) is 43.0 Å². The van der Waals surface area contributed by atoms with Crippen molar-refractivity contribution >= 4 is 11.6 Å². The van der Waals surface area contributed by atoms with E-state index in [1.807, 2.05) is 30.0 Å². The summed E-state index contributed by atoms with van der Waals surface area (Å²) in [7, 11) is 0. The van der Waals surface area contributed by atoms with Gasteiger partial charge >= 0.3 is 0 Å². The molecule has 6 nitrogen and oxygen atoms in total. The molecule has 25 heavy (non-hydrogen) atoms. The van der Waals surface area contributed by atoms with Gasteiger partial charge in [-0.3, -0.25) is 14.8 Å². The van der Waals surface area contributed by atoms with Crippen molar-refractivity contribution in [2.75, 3.05) is 26.2 Å². The number of piperazine rings is 1. The maximum Gasteiger partial charge on any atom is 0.254 e. The molecule has 1 saturated heterocycles. The van der Waals surface area contributed by atoms with Crippen molar-refractivity contribution in [2.24, 2.45) is 4.99 Å². The van der Waals surface area contributed by atoms with Gasteiger partial charge in [-0.25, -0.2) is 0 Å². The smallest absolute Gasteiger partial charge is 0.254 e. The highest BCUT2D eigenvalue weighted by atomic mass is 16.3. The molecule has 2 aliphatic rings. The van der Waals surface area contributed by atoms with Gasteiger partial charge in [-0.05, 0) is 37.3 Å². The third-order valence-electron chi connectivity index (χ3n) is 4.72. The highest BCUT2D eigenvalue weighted by molar-refractivity contribution is 6.11. The zero-order chi connectivity index (χ0) is 17.4. The number of benzene rings is 1. The lowest BCUT2D eigenvalue weighted by atomic mass is 9.99. The Bertz CT molecular complexity index is 852. The second-order valence-corrected chi connectivity index (χ2v) is 6.37. The van der Waals surface area contributed by atoms with E-state index < -0.39 is 0 Å². The SMILES string of the molecule is CC1=NCc2nc(-c3ccc(O)cc3)cc(C(=O)N3CCNCC3)c21. The summed E-state index contributed by atoms with van der Waals surface area (Å²) in [6, 6.07) is 8.74. The third-order valence-corrected chi connectivity index (χ3v) is 4.72. The van der Waals surface area contributed by atoms with Crippen molar-refractivity contribution < 1.29 is 9.90 Å². The molecule has 0 radical (unpaired) electrons. The summed E-state index contributed by atoms with van der Waals surface area (Å²) in [6.07, 6.45) is 0. The Kier molecular flexibility index (Phi) is 3.97. The van der Waals surface area contributed by atoms with Crippen LogP contribution in [0.4, 0.5) is 0 Å². The topological polar surface area (TPSA) is 77.8 Å². The number of nitrogens with one attached hydrogen (secondary N) is 1. The molecule has 0 saturated carbocycles. The zero-order valence-corrected chi connectivity index (χ0v) is 14.1. The summed E-state index contributed by atoms with van der Waals surface area (Å²) in [5.41, 5.74) is 4.89. The minimum Gasteiger partial charge on any atom is -0.508 e. The molecule has 1 amide bonds. The Morgan fingerprint density at radius 3 is 2.64 bits per heavy atom. The lowest BCUT2D eigenvalue weighted by Crippen LogP contribution is -2.46. The number of fused-ring (bicyclic) bond motifs is 1. The van der Waals surface area contributed by atoms with Gasteiger partial charge in [-0.1, -0.05) is 0 Å². The highest BCUT2D eigenvalue weighted by Gasteiger charge is 2.27. The van der Waals surface area contributed by atoms with Crippen LogP contribution < -0.4 is 5.32 Å². The molecule has 0 aliphatic carbocycles. The van der Waals surface area contributed by atoms with Crippen LogP contribution in [-0.2, 0) is 6.54 Å². The van der Waals surface area contributed by atoms with E-state index in [2.05, 4.69) is 10.3 Å². The number of phenols is 1. The standard InChI is InChI=1S/C19H20N4O2/c1-12-18-15(19(25)23-8-6-20-7-9-23)10-16(22-17(18)11-21-12)13-2-4-14(24)5-3-13/h2-5,10,20,24H,6-9,11H2,1H3. The van der Waals surface area contributed by atoms with E-state index in [4.69, 9.17) is 4.98 Å². The Labute approximate surface area is 146 Å². The van der Waals surface area contributed by atoms with Crippen molar-refractivity contribution in [1.29, 1.82) is 0 Å². The van der Waals surface area contributed by atoms with Gasteiger partial charge in [-0.15, -0.1) is 0 Å². The lowest BCUT2D eigenvalue weighted by Gasteiger charge is -2.28. The number of aromatic hydroxyl groups is 1. The van der Waals surface area contributed by atoms with E-state index in [0.29, 0.717) is 25.2 Å². The molecule has 0 atom stereocenters. The number of carbonyl (C=O) groups is 1. The molecular weight excluding hydrogens is 316 g/mol. The molecule has 2 aromatic rings. The predicted molar refractivity (Wildman–Crippen MR) is 96.0 cm³/mol. The molecule has 1 aromatic carbocycles.